The Morgan fingerprint density at radius 2 is 2.03 bits per heavy atom. The first kappa shape index (κ1) is 23.9. The van der Waals surface area contributed by atoms with Gasteiger partial charge in [-0.3, -0.25) is 4.79 Å². The Morgan fingerprint density at radius 3 is 2.74 bits per heavy atom. The number of likely N-dealkylation sites (tertiary alicyclic amines) is 1. The zero-order valence-electron chi connectivity index (χ0n) is 19.9. The predicted molar refractivity (Wildman–Crippen MR) is 133 cm³/mol. The summed E-state index contributed by atoms with van der Waals surface area (Å²) >= 11 is 0. The first-order valence-electron chi connectivity index (χ1n) is 11.8. The van der Waals surface area contributed by atoms with Crippen LogP contribution in [-0.4, -0.2) is 82.9 Å². The molecule has 1 atom stereocenters. The molecule has 2 aliphatic heterocycles. The van der Waals surface area contributed by atoms with Gasteiger partial charge in [0, 0.05) is 61.5 Å². The number of para-hydroxylation sites is 1. The molecule has 2 N–H and O–H groups in total. The highest BCUT2D eigenvalue weighted by molar-refractivity contribution is 5.88. The number of aromatic amines is 1. The summed E-state index contributed by atoms with van der Waals surface area (Å²) in [5, 5.41) is 19.6. The molecule has 2 aliphatic rings. The van der Waals surface area contributed by atoms with Gasteiger partial charge in [0.25, 0.3) is 0 Å². The molecule has 0 spiro atoms. The van der Waals surface area contributed by atoms with Crippen LogP contribution in [0.15, 0.2) is 48.6 Å². The number of carbonyl (C=O) groups is 1. The number of likely N-dealkylation sites (N-methyl/N-ethyl adjacent to an activating group) is 1. The van der Waals surface area contributed by atoms with E-state index in [-0.39, 0.29) is 17.6 Å². The minimum absolute atomic E-state index is 0.0621. The quantitative estimate of drug-likeness (QED) is 0.562. The lowest BCUT2D eigenvalue weighted by molar-refractivity contribution is -0.125. The second-order valence-electron chi connectivity index (χ2n) is 9.03. The van der Waals surface area contributed by atoms with Crippen LogP contribution in [0, 0.1) is 0 Å². The van der Waals surface area contributed by atoms with E-state index >= 15 is 0 Å². The number of fused-ring (bicyclic) bond motifs is 1. The van der Waals surface area contributed by atoms with Gasteiger partial charge in [-0.2, -0.15) is 0 Å². The molecule has 8 nitrogen and oxygen atoms in total. The number of benzene rings is 1. The van der Waals surface area contributed by atoms with Gasteiger partial charge in [0.1, 0.15) is 5.75 Å². The fraction of sp³-hybridized carbons (Fsp3) is 0.423. The summed E-state index contributed by atoms with van der Waals surface area (Å²) < 4.78 is 4.94. The Labute approximate surface area is 200 Å². The van der Waals surface area contributed by atoms with E-state index in [4.69, 9.17) is 4.74 Å². The molecule has 5 rings (SSSR count). The van der Waals surface area contributed by atoms with Crippen molar-refractivity contribution < 1.29 is 14.6 Å². The number of nitrogens with zero attached hydrogens (tertiary/aromatic N) is 4. The van der Waals surface area contributed by atoms with Crippen molar-refractivity contribution in [1.29, 1.82) is 0 Å². The molecule has 34 heavy (non-hydrogen) atoms. The number of ether oxygens (including phenoxy) is 1. The number of amides is 1. The van der Waals surface area contributed by atoms with Crippen LogP contribution in [0.25, 0.3) is 22.3 Å². The average molecular weight is 464 g/mol. The van der Waals surface area contributed by atoms with Gasteiger partial charge in [0.05, 0.1) is 5.69 Å². The Hall–Kier alpha value is -3.23. The van der Waals surface area contributed by atoms with Crippen LogP contribution in [0.1, 0.15) is 30.9 Å². The van der Waals surface area contributed by atoms with E-state index in [2.05, 4.69) is 21.2 Å². The molecular weight excluding hydrogens is 430 g/mol. The van der Waals surface area contributed by atoms with Crippen LogP contribution in [0.4, 0.5) is 0 Å². The fourth-order valence-corrected chi connectivity index (χ4v) is 4.19. The Bertz CT molecular complexity index is 1130. The second kappa shape index (κ2) is 11.3. The van der Waals surface area contributed by atoms with Gasteiger partial charge in [-0.05, 0) is 57.6 Å². The van der Waals surface area contributed by atoms with Gasteiger partial charge in [0.15, 0.2) is 5.65 Å². The lowest BCUT2D eigenvalue weighted by Crippen LogP contribution is -2.26. The van der Waals surface area contributed by atoms with Gasteiger partial charge < -0.3 is 24.6 Å². The molecule has 8 heteroatoms. The minimum atomic E-state index is 0.0621. The number of phenolic OH excluding ortho intramolecular Hbond substituents is 1. The summed E-state index contributed by atoms with van der Waals surface area (Å²) in [4.78, 5) is 19.6. The van der Waals surface area contributed by atoms with Crippen molar-refractivity contribution in [3.8, 4) is 17.0 Å². The summed E-state index contributed by atoms with van der Waals surface area (Å²) in [6.07, 6.45) is 7.03. The van der Waals surface area contributed by atoms with Crippen LogP contribution >= 0.6 is 0 Å². The largest absolute Gasteiger partial charge is 0.507 e. The smallest absolute Gasteiger partial charge is 0.246 e. The summed E-state index contributed by atoms with van der Waals surface area (Å²) in [6, 6.07) is 11.1. The minimum Gasteiger partial charge on any atom is -0.507 e. The maximum absolute atomic E-state index is 12.4. The molecule has 0 radical (unpaired) electrons. The fourth-order valence-electron chi connectivity index (χ4n) is 4.19. The molecule has 0 bridgehead atoms. The van der Waals surface area contributed by atoms with Crippen molar-refractivity contribution in [1.82, 2.24) is 25.0 Å². The van der Waals surface area contributed by atoms with E-state index in [0.717, 1.165) is 49.5 Å². The maximum atomic E-state index is 12.4. The SMILES string of the molecule is C1CCOC1.CN(C)C/C=C/C(=O)N1CCC(c2cc3cc(-c4ccccc4O)nnc3[nH]2)C1. The van der Waals surface area contributed by atoms with E-state index < -0.39 is 0 Å². The molecule has 4 heterocycles. The molecule has 2 aromatic heterocycles. The van der Waals surface area contributed by atoms with Gasteiger partial charge in [-0.15, -0.1) is 10.2 Å². The van der Waals surface area contributed by atoms with E-state index in [9.17, 15) is 9.90 Å². The molecule has 0 saturated carbocycles. The highest BCUT2D eigenvalue weighted by atomic mass is 16.5. The van der Waals surface area contributed by atoms with Gasteiger partial charge in [-0.25, -0.2) is 0 Å². The molecule has 3 aromatic rings. The summed E-state index contributed by atoms with van der Waals surface area (Å²) in [6.45, 7) is 4.20. The standard InChI is InChI=1S/C22H25N5O2.C4H8O/c1-26(2)10-5-8-21(29)27-11-9-15(14-27)18-12-16-13-19(24-25-22(16)23-18)17-6-3-4-7-20(17)28;1-2-4-5-3-1/h3-8,12-13,15,28H,9-11,14H2,1-2H3,(H,23,25);1-4H2/b8-5+;. The van der Waals surface area contributed by atoms with Crippen LogP contribution in [0.5, 0.6) is 5.75 Å². The Morgan fingerprint density at radius 1 is 1.24 bits per heavy atom. The van der Waals surface area contributed by atoms with Gasteiger partial charge in [0.2, 0.25) is 5.91 Å². The Kier molecular flexibility index (Phi) is 7.92. The zero-order valence-corrected chi connectivity index (χ0v) is 19.9. The van der Waals surface area contributed by atoms with E-state index in [1.54, 1.807) is 18.2 Å². The molecule has 1 amide bonds. The van der Waals surface area contributed by atoms with Crippen molar-refractivity contribution in [3.63, 3.8) is 0 Å². The van der Waals surface area contributed by atoms with Crippen molar-refractivity contribution in [2.75, 3.05) is 46.9 Å². The van der Waals surface area contributed by atoms with E-state index in [0.29, 0.717) is 17.8 Å². The molecule has 0 aliphatic carbocycles. The van der Waals surface area contributed by atoms with Gasteiger partial charge in [-0.1, -0.05) is 18.2 Å². The number of phenols is 1. The van der Waals surface area contributed by atoms with Crippen LogP contribution in [0.2, 0.25) is 0 Å². The summed E-state index contributed by atoms with van der Waals surface area (Å²) in [7, 11) is 3.95. The number of nitrogens with one attached hydrogen (secondary N) is 1. The van der Waals surface area contributed by atoms with Crippen LogP contribution in [0.3, 0.4) is 0 Å². The maximum Gasteiger partial charge on any atom is 0.246 e. The van der Waals surface area contributed by atoms with Crippen LogP contribution in [-0.2, 0) is 9.53 Å². The topological polar surface area (TPSA) is 94.6 Å². The number of aromatic hydroxyl groups is 1. The summed E-state index contributed by atoms with van der Waals surface area (Å²) in [5.74, 6) is 0.500. The van der Waals surface area contributed by atoms with Crippen molar-refractivity contribution in [2.45, 2.75) is 25.2 Å². The number of H-pyrrole nitrogens is 1. The van der Waals surface area contributed by atoms with Crippen molar-refractivity contribution >= 4 is 16.9 Å². The molecule has 180 valence electrons. The highest BCUT2D eigenvalue weighted by Gasteiger charge is 2.27. The van der Waals surface area contributed by atoms with Crippen molar-refractivity contribution in [3.05, 3.63) is 54.2 Å². The lowest BCUT2D eigenvalue weighted by atomic mass is 10.0. The average Bonchev–Trinajstić information content (AvgIpc) is 3.61. The molecule has 2 fully saturated rings. The molecular formula is C26H33N5O3. The third-order valence-corrected chi connectivity index (χ3v) is 6.08. The molecule has 2 saturated heterocycles. The van der Waals surface area contributed by atoms with Crippen LogP contribution < -0.4 is 0 Å². The number of rotatable bonds is 5. The number of aromatic nitrogens is 3. The number of hydrogen-bond donors (Lipinski definition) is 2. The van der Waals surface area contributed by atoms with E-state index in [1.807, 2.05) is 48.2 Å². The number of carbonyl (C=O) groups excluding carboxylic acids is 1. The third-order valence-electron chi connectivity index (χ3n) is 6.08. The first-order chi connectivity index (χ1) is 16.5. The van der Waals surface area contributed by atoms with E-state index in [1.165, 1.54) is 12.8 Å². The number of hydrogen-bond acceptors (Lipinski definition) is 6. The Balaban J connectivity index is 0.000000486. The van der Waals surface area contributed by atoms with Crippen molar-refractivity contribution in [2.24, 2.45) is 0 Å². The normalized spacial score (nSPS) is 18.1. The van der Waals surface area contributed by atoms with Gasteiger partial charge >= 0.3 is 0 Å². The first-order valence-corrected chi connectivity index (χ1v) is 11.8. The molecule has 1 aromatic carbocycles. The zero-order chi connectivity index (χ0) is 23.9. The lowest BCUT2D eigenvalue weighted by Gasteiger charge is -2.14. The second-order valence-corrected chi connectivity index (χ2v) is 9.03. The molecule has 1 unspecified atom stereocenters. The highest BCUT2D eigenvalue weighted by Crippen LogP contribution is 2.31. The third kappa shape index (κ3) is 6.01. The summed E-state index contributed by atoms with van der Waals surface area (Å²) in [5.41, 5.74) is 3.08. The predicted octanol–water partition coefficient (Wildman–Crippen LogP) is 3.56. The monoisotopic (exact) mass is 463 g/mol.